The highest BCUT2D eigenvalue weighted by Crippen LogP contribution is 2.35. The van der Waals surface area contributed by atoms with E-state index in [1.807, 2.05) is 27.1 Å². The molecule has 0 aliphatic heterocycles. The Morgan fingerprint density at radius 3 is 2.56 bits per heavy atom. The molecule has 0 aliphatic carbocycles. The summed E-state index contributed by atoms with van der Waals surface area (Å²) in [5, 5.41) is 8.84. The molecular formula is C11H16BrNO2S. The van der Waals surface area contributed by atoms with Crippen LogP contribution in [0.1, 0.15) is 24.3 Å². The van der Waals surface area contributed by atoms with Crippen LogP contribution in [0.5, 0.6) is 0 Å². The molecule has 2 atom stereocenters. The molecule has 2 unspecified atom stereocenters. The summed E-state index contributed by atoms with van der Waals surface area (Å²) in [5.41, 5.74) is 0. The topological polar surface area (TPSA) is 40.5 Å². The smallest absolute Gasteiger partial charge is 0.303 e. The Bertz CT molecular complexity index is 365. The molecule has 1 heterocycles. The third-order valence-corrected chi connectivity index (χ3v) is 4.17. The zero-order chi connectivity index (χ0) is 12.3. The van der Waals surface area contributed by atoms with E-state index in [0.717, 1.165) is 3.79 Å². The predicted octanol–water partition coefficient (Wildman–Crippen LogP) is 3.22. The number of carbonyl (C=O) groups is 1. The van der Waals surface area contributed by atoms with Crippen LogP contribution in [0.2, 0.25) is 0 Å². The largest absolute Gasteiger partial charge is 0.481 e. The van der Waals surface area contributed by atoms with E-state index in [2.05, 4.69) is 26.9 Å². The van der Waals surface area contributed by atoms with Crippen molar-refractivity contribution in [3.63, 3.8) is 0 Å². The molecule has 0 saturated heterocycles. The summed E-state index contributed by atoms with van der Waals surface area (Å²) < 4.78 is 1.08. The van der Waals surface area contributed by atoms with Gasteiger partial charge in [0.15, 0.2) is 0 Å². The monoisotopic (exact) mass is 305 g/mol. The van der Waals surface area contributed by atoms with Crippen LogP contribution in [0.4, 0.5) is 0 Å². The number of carboxylic acids is 1. The standard InChI is InChI=1S/C11H16BrNO2S/c1-7(6-10(14)15)11(13(2)3)8-4-5-9(12)16-8/h4-5,7,11H,6H2,1-3H3,(H,14,15). The van der Waals surface area contributed by atoms with Crippen LogP contribution in [0.15, 0.2) is 15.9 Å². The van der Waals surface area contributed by atoms with Gasteiger partial charge in [-0.1, -0.05) is 6.92 Å². The van der Waals surface area contributed by atoms with E-state index in [9.17, 15) is 4.79 Å². The van der Waals surface area contributed by atoms with Crippen LogP contribution in [0, 0.1) is 5.92 Å². The summed E-state index contributed by atoms with van der Waals surface area (Å²) in [7, 11) is 3.97. The van der Waals surface area contributed by atoms with Crippen molar-refractivity contribution in [2.45, 2.75) is 19.4 Å². The fraction of sp³-hybridized carbons (Fsp3) is 0.545. The van der Waals surface area contributed by atoms with Gasteiger partial charge in [-0.3, -0.25) is 4.79 Å². The van der Waals surface area contributed by atoms with Gasteiger partial charge in [0, 0.05) is 17.3 Å². The van der Waals surface area contributed by atoms with Gasteiger partial charge in [0.2, 0.25) is 0 Å². The number of halogens is 1. The van der Waals surface area contributed by atoms with Gasteiger partial charge in [0.1, 0.15) is 0 Å². The van der Waals surface area contributed by atoms with Crippen molar-refractivity contribution in [3.8, 4) is 0 Å². The molecule has 1 aromatic heterocycles. The summed E-state index contributed by atoms with van der Waals surface area (Å²) >= 11 is 5.09. The Morgan fingerprint density at radius 1 is 1.56 bits per heavy atom. The van der Waals surface area contributed by atoms with Gasteiger partial charge in [-0.05, 0) is 48.1 Å². The van der Waals surface area contributed by atoms with Crippen molar-refractivity contribution in [1.29, 1.82) is 0 Å². The molecule has 0 saturated carbocycles. The van der Waals surface area contributed by atoms with Gasteiger partial charge < -0.3 is 10.0 Å². The van der Waals surface area contributed by atoms with Gasteiger partial charge >= 0.3 is 5.97 Å². The van der Waals surface area contributed by atoms with Gasteiger partial charge in [-0.15, -0.1) is 11.3 Å². The van der Waals surface area contributed by atoms with Crippen molar-refractivity contribution in [2.24, 2.45) is 5.92 Å². The minimum Gasteiger partial charge on any atom is -0.481 e. The van der Waals surface area contributed by atoms with Crippen LogP contribution in [0.25, 0.3) is 0 Å². The van der Waals surface area contributed by atoms with E-state index in [1.54, 1.807) is 11.3 Å². The number of rotatable bonds is 5. The second-order valence-electron chi connectivity index (χ2n) is 4.13. The molecule has 0 aliphatic rings. The number of thiophene rings is 1. The fourth-order valence-corrected chi connectivity index (χ4v) is 3.67. The maximum Gasteiger partial charge on any atom is 0.303 e. The minimum absolute atomic E-state index is 0.0954. The van der Waals surface area contributed by atoms with Crippen molar-refractivity contribution in [1.82, 2.24) is 4.90 Å². The fourth-order valence-electron chi connectivity index (χ4n) is 1.92. The third kappa shape index (κ3) is 3.57. The maximum atomic E-state index is 10.7. The number of carboxylic acid groups (broad SMARTS) is 1. The first-order valence-corrected chi connectivity index (χ1v) is 6.66. The summed E-state index contributed by atoms with van der Waals surface area (Å²) in [6.07, 6.45) is 0.193. The predicted molar refractivity (Wildman–Crippen MR) is 69.9 cm³/mol. The molecule has 0 radical (unpaired) electrons. The van der Waals surface area contributed by atoms with E-state index in [0.29, 0.717) is 0 Å². The molecule has 1 rings (SSSR count). The van der Waals surface area contributed by atoms with Crippen molar-refractivity contribution < 1.29 is 9.90 Å². The molecule has 90 valence electrons. The Labute approximate surface area is 108 Å². The molecule has 5 heteroatoms. The van der Waals surface area contributed by atoms with Crippen molar-refractivity contribution in [3.05, 3.63) is 20.8 Å². The van der Waals surface area contributed by atoms with Crippen LogP contribution in [-0.2, 0) is 4.79 Å². The molecule has 0 spiro atoms. The molecule has 1 N–H and O–H groups in total. The Balaban J connectivity index is 2.86. The van der Waals surface area contributed by atoms with E-state index < -0.39 is 5.97 Å². The summed E-state index contributed by atoms with van der Waals surface area (Å²) in [5.74, 6) is -0.645. The molecule has 0 amide bonds. The van der Waals surface area contributed by atoms with E-state index >= 15 is 0 Å². The molecule has 16 heavy (non-hydrogen) atoms. The average molecular weight is 306 g/mol. The summed E-state index contributed by atoms with van der Waals surface area (Å²) in [6.45, 7) is 1.98. The molecule has 3 nitrogen and oxygen atoms in total. The first-order chi connectivity index (χ1) is 7.41. The average Bonchev–Trinajstić information content (AvgIpc) is 2.49. The zero-order valence-electron chi connectivity index (χ0n) is 9.61. The van der Waals surface area contributed by atoms with Crippen LogP contribution < -0.4 is 0 Å². The van der Waals surface area contributed by atoms with Gasteiger partial charge in [-0.25, -0.2) is 0 Å². The summed E-state index contributed by atoms with van der Waals surface area (Å²) in [4.78, 5) is 14.0. The molecule has 0 fully saturated rings. The highest BCUT2D eigenvalue weighted by molar-refractivity contribution is 9.11. The van der Waals surface area contributed by atoms with E-state index in [1.165, 1.54) is 4.88 Å². The van der Waals surface area contributed by atoms with Gasteiger partial charge in [0.25, 0.3) is 0 Å². The highest BCUT2D eigenvalue weighted by atomic mass is 79.9. The Hall–Kier alpha value is -0.390. The van der Waals surface area contributed by atoms with E-state index in [4.69, 9.17) is 5.11 Å². The number of aliphatic carboxylic acids is 1. The highest BCUT2D eigenvalue weighted by Gasteiger charge is 2.24. The lowest BCUT2D eigenvalue weighted by atomic mass is 9.96. The van der Waals surface area contributed by atoms with Crippen LogP contribution in [-0.4, -0.2) is 30.1 Å². The summed E-state index contributed by atoms with van der Waals surface area (Å²) in [6, 6.07) is 4.22. The molecular weight excluding hydrogens is 290 g/mol. The molecule has 0 bridgehead atoms. The third-order valence-electron chi connectivity index (χ3n) is 2.48. The molecule has 0 aromatic carbocycles. The minimum atomic E-state index is -0.741. The first-order valence-electron chi connectivity index (χ1n) is 5.05. The molecule has 1 aromatic rings. The van der Waals surface area contributed by atoms with Crippen LogP contribution in [0.3, 0.4) is 0 Å². The number of nitrogens with zero attached hydrogens (tertiary/aromatic N) is 1. The lowest BCUT2D eigenvalue weighted by molar-refractivity contribution is -0.138. The first kappa shape index (κ1) is 13.7. The Morgan fingerprint density at radius 2 is 2.19 bits per heavy atom. The lowest BCUT2D eigenvalue weighted by Gasteiger charge is -2.28. The zero-order valence-corrected chi connectivity index (χ0v) is 12.0. The van der Waals surface area contributed by atoms with Crippen molar-refractivity contribution >= 4 is 33.2 Å². The quantitative estimate of drug-likeness (QED) is 0.908. The second kappa shape index (κ2) is 5.80. The number of hydrogen-bond donors (Lipinski definition) is 1. The lowest BCUT2D eigenvalue weighted by Crippen LogP contribution is -2.26. The number of hydrogen-bond acceptors (Lipinski definition) is 3. The SMILES string of the molecule is CC(CC(=O)O)C(c1ccc(Br)s1)N(C)C. The van der Waals surface area contributed by atoms with Gasteiger partial charge in [0.05, 0.1) is 3.79 Å². The normalized spacial score (nSPS) is 15.1. The van der Waals surface area contributed by atoms with Gasteiger partial charge in [-0.2, -0.15) is 0 Å². The van der Waals surface area contributed by atoms with E-state index in [-0.39, 0.29) is 18.4 Å². The van der Waals surface area contributed by atoms with Crippen LogP contribution >= 0.6 is 27.3 Å². The maximum absolute atomic E-state index is 10.7. The Kier molecular flexibility index (Phi) is 4.95. The van der Waals surface area contributed by atoms with Crippen molar-refractivity contribution in [2.75, 3.05) is 14.1 Å². The second-order valence-corrected chi connectivity index (χ2v) is 6.62.